The Morgan fingerprint density at radius 3 is 1.50 bits per heavy atom. The molecule has 3 N–H and O–H groups in total. The lowest BCUT2D eigenvalue weighted by molar-refractivity contribution is -0.152. The summed E-state index contributed by atoms with van der Waals surface area (Å²) >= 11 is 0. The fourth-order valence-corrected chi connectivity index (χ4v) is 5.73. The van der Waals surface area contributed by atoms with E-state index in [0.29, 0.717) is 19.3 Å². The quantitative estimate of drug-likeness (QED) is 0.0338. The molecule has 2 unspecified atom stereocenters. The van der Waals surface area contributed by atoms with Crippen molar-refractivity contribution >= 4 is 11.9 Å². The molecule has 0 fully saturated rings. The number of carbonyl (C=O) groups is 2. The summed E-state index contributed by atoms with van der Waals surface area (Å²) in [5.41, 5.74) is 0. The van der Waals surface area contributed by atoms with Gasteiger partial charge in [-0.1, -0.05) is 160 Å². The second kappa shape index (κ2) is 36.8. The average molecular weight is 707 g/mol. The summed E-state index contributed by atoms with van der Waals surface area (Å²) < 4.78 is 10.2. The molecular weight excluding hydrogens is 628 g/mol. The predicted octanol–water partition coefficient (Wildman–Crippen LogP) is 10.6. The number of allylic oxidation sites excluding steroid dienone is 5. The molecule has 0 amide bonds. The highest BCUT2D eigenvalue weighted by Gasteiger charge is 2.16. The zero-order chi connectivity index (χ0) is 36.9. The summed E-state index contributed by atoms with van der Waals surface area (Å²) in [6, 6.07) is 0. The van der Waals surface area contributed by atoms with Gasteiger partial charge in [0.05, 0.1) is 12.2 Å². The smallest absolute Gasteiger partial charge is 0.305 e. The van der Waals surface area contributed by atoms with Crippen molar-refractivity contribution in [3.63, 3.8) is 0 Å². The second-order valence-electron chi connectivity index (χ2n) is 14.5. The van der Waals surface area contributed by atoms with Crippen LogP contribution in [0.5, 0.6) is 0 Å². The summed E-state index contributed by atoms with van der Waals surface area (Å²) in [5, 5.41) is 30.4. The molecule has 50 heavy (non-hydrogen) atoms. The highest BCUT2D eigenvalue weighted by atomic mass is 16.6. The van der Waals surface area contributed by atoms with Gasteiger partial charge in [-0.15, -0.1) is 0 Å². The minimum Gasteiger partial charge on any atom is -0.463 e. The third-order valence-corrected chi connectivity index (χ3v) is 9.01. The van der Waals surface area contributed by atoms with Gasteiger partial charge in [0.25, 0.3) is 0 Å². The number of rotatable bonds is 36. The molecule has 0 aromatic heterocycles. The highest BCUT2D eigenvalue weighted by molar-refractivity contribution is 5.69. The van der Waals surface area contributed by atoms with Crippen LogP contribution < -0.4 is 0 Å². The largest absolute Gasteiger partial charge is 0.463 e. The monoisotopic (exact) mass is 707 g/mol. The van der Waals surface area contributed by atoms with E-state index in [0.717, 1.165) is 44.4 Å². The van der Waals surface area contributed by atoms with Gasteiger partial charge in [-0.05, 0) is 57.3 Å². The Morgan fingerprint density at radius 2 is 0.980 bits per heavy atom. The van der Waals surface area contributed by atoms with Crippen LogP contribution in [0.3, 0.4) is 0 Å². The molecule has 0 bridgehead atoms. The molecule has 3 atom stereocenters. The Hall–Kier alpha value is -1.96. The van der Waals surface area contributed by atoms with Gasteiger partial charge in [-0.25, -0.2) is 0 Å². The van der Waals surface area contributed by atoms with Crippen molar-refractivity contribution in [2.24, 2.45) is 5.92 Å². The van der Waals surface area contributed by atoms with Gasteiger partial charge in [-0.3, -0.25) is 9.59 Å². The van der Waals surface area contributed by atoms with Crippen molar-refractivity contribution in [2.75, 3.05) is 13.2 Å². The van der Waals surface area contributed by atoms with Gasteiger partial charge in [-0.2, -0.15) is 0 Å². The number of unbranched alkanes of at least 4 members (excludes halogenated alkanes) is 16. The Bertz CT molecular complexity index is 850. The van der Waals surface area contributed by atoms with Crippen molar-refractivity contribution in [3.05, 3.63) is 36.5 Å². The number of ether oxygens (including phenoxy) is 2. The molecule has 0 rings (SSSR count). The van der Waals surface area contributed by atoms with Crippen molar-refractivity contribution in [1.29, 1.82) is 0 Å². The number of esters is 2. The standard InChI is InChI=1S/C43H78O7/c1-4-5-6-7-8-9-10-16-19-22-25-28-32-40(45)41(46)33-30-35-43(48)50-37-39(44)36-49-42(47)34-29-26-23-20-17-14-12-11-13-15-18-21-24-27-31-38(2)3/h8-9,16,19,25,28,38-41,44-46H,4-7,10-15,17-18,20-24,26-27,29-37H2,1-3H3/b9-8-,19-16-,28-25-/t39-,40?,41?/m0/s1. The van der Waals surface area contributed by atoms with Gasteiger partial charge in [0.2, 0.25) is 0 Å². The van der Waals surface area contributed by atoms with E-state index in [1.54, 1.807) is 0 Å². The lowest BCUT2D eigenvalue weighted by Gasteiger charge is -2.16. The van der Waals surface area contributed by atoms with Gasteiger partial charge in [0, 0.05) is 12.8 Å². The SMILES string of the molecule is CCCCC/C=C\C/C=C\C/C=C\CC(O)C(O)CCCC(=O)OC[C@@H](O)COC(=O)CCCCCCCCCCCCCCCCC(C)C. The lowest BCUT2D eigenvalue weighted by Crippen LogP contribution is -2.26. The minimum atomic E-state index is -1.07. The van der Waals surface area contributed by atoms with Crippen LogP contribution in [0, 0.1) is 5.92 Å². The van der Waals surface area contributed by atoms with E-state index in [4.69, 9.17) is 9.47 Å². The molecule has 7 nitrogen and oxygen atoms in total. The van der Waals surface area contributed by atoms with E-state index >= 15 is 0 Å². The van der Waals surface area contributed by atoms with Crippen molar-refractivity contribution in [3.8, 4) is 0 Å². The Balaban J connectivity index is 3.65. The molecule has 292 valence electrons. The third kappa shape index (κ3) is 35.9. The second-order valence-corrected chi connectivity index (χ2v) is 14.5. The van der Waals surface area contributed by atoms with E-state index < -0.39 is 24.3 Å². The zero-order valence-electron chi connectivity index (χ0n) is 32.5. The van der Waals surface area contributed by atoms with Gasteiger partial charge in [0.15, 0.2) is 0 Å². The summed E-state index contributed by atoms with van der Waals surface area (Å²) in [4.78, 5) is 24.0. The van der Waals surface area contributed by atoms with E-state index in [1.165, 1.54) is 96.3 Å². The molecule has 0 aromatic carbocycles. The molecule has 0 saturated heterocycles. The van der Waals surface area contributed by atoms with Crippen LogP contribution >= 0.6 is 0 Å². The maximum Gasteiger partial charge on any atom is 0.305 e. The van der Waals surface area contributed by atoms with Gasteiger partial charge < -0.3 is 24.8 Å². The fraction of sp³-hybridized carbons (Fsp3) is 0.814. The summed E-state index contributed by atoms with van der Waals surface area (Å²) in [6.07, 6.45) is 36.7. The molecule has 0 spiro atoms. The maximum absolute atomic E-state index is 12.0. The molecule has 0 saturated carbocycles. The fourth-order valence-electron chi connectivity index (χ4n) is 5.73. The van der Waals surface area contributed by atoms with E-state index in [-0.39, 0.29) is 32.0 Å². The molecule has 0 heterocycles. The zero-order valence-corrected chi connectivity index (χ0v) is 32.5. The molecule has 0 aliphatic rings. The first-order chi connectivity index (χ1) is 24.3. The molecular formula is C43H78O7. The number of carbonyl (C=O) groups excluding carboxylic acids is 2. The topological polar surface area (TPSA) is 113 Å². The Labute approximate surface area is 307 Å². The van der Waals surface area contributed by atoms with Crippen LogP contribution in [0.2, 0.25) is 0 Å². The number of aliphatic hydroxyl groups excluding tert-OH is 3. The first-order valence-corrected chi connectivity index (χ1v) is 20.6. The van der Waals surface area contributed by atoms with E-state index in [9.17, 15) is 24.9 Å². The molecule has 0 radical (unpaired) electrons. The van der Waals surface area contributed by atoms with Crippen LogP contribution in [0.25, 0.3) is 0 Å². The summed E-state index contributed by atoms with van der Waals surface area (Å²) in [5.74, 6) is 0.00342. The van der Waals surface area contributed by atoms with Crippen LogP contribution in [0.1, 0.15) is 188 Å². The molecule has 7 heteroatoms. The van der Waals surface area contributed by atoms with Crippen molar-refractivity contribution in [2.45, 2.75) is 206 Å². The molecule has 0 aliphatic heterocycles. The van der Waals surface area contributed by atoms with E-state index in [1.807, 2.05) is 12.2 Å². The first-order valence-electron chi connectivity index (χ1n) is 20.6. The van der Waals surface area contributed by atoms with Crippen molar-refractivity contribution < 1.29 is 34.4 Å². The van der Waals surface area contributed by atoms with Crippen LogP contribution in [0.15, 0.2) is 36.5 Å². The first kappa shape index (κ1) is 48.0. The summed E-state index contributed by atoms with van der Waals surface area (Å²) in [7, 11) is 0. The predicted molar refractivity (Wildman–Crippen MR) is 208 cm³/mol. The van der Waals surface area contributed by atoms with E-state index in [2.05, 4.69) is 45.1 Å². The van der Waals surface area contributed by atoms with Gasteiger partial charge >= 0.3 is 11.9 Å². The lowest BCUT2D eigenvalue weighted by atomic mass is 10.0. The number of hydrogen-bond donors (Lipinski definition) is 3. The maximum atomic E-state index is 12.0. The normalized spacial score (nSPS) is 13.9. The van der Waals surface area contributed by atoms with Crippen molar-refractivity contribution in [1.82, 2.24) is 0 Å². The Morgan fingerprint density at radius 1 is 0.520 bits per heavy atom. The molecule has 0 aromatic rings. The minimum absolute atomic E-state index is 0.0722. The summed E-state index contributed by atoms with van der Waals surface area (Å²) in [6.45, 7) is 6.37. The Kier molecular flexibility index (Phi) is 35.4. The third-order valence-electron chi connectivity index (χ3n) is 9.01. The van der Waals surface area contributed by atoms with Crippen LogP contribution in [0.4, 0.5) is 0 Å². The number of aliphatic hydroxyl groups is 3. The van der Waals surface area contributed by atoms with Gasteiger partial charge in [0.1, 0.15) is 19.3 Å². The number of hydrogen-bond acceptors (Lipinski definition) is 7. The highest BCUT2D eigenvalue weighted by Crippen LogP contribution is 2.15. The average Bonchev–Trinajstić information content (AvgIpc) is 3.09. The van der Waals surface area contributed by atoms with Crippen LogP contribution in [-0.4, -0.2) is 58.8 Å². The van der Waals surface area contributed by atoms with Crippen LogP contribution in [-0.2, 0) is 19.1 Å². The molecule has 0 aliphatic carbocycles.